The average Bonchev–Trinajstić information content (AvgIpc) is 1.79. The van der Waals surface area contributed by atoms with Crippen LogP contribution in [0.15, 0.2) is 4.36 Å². The number of rotatable bonds is 4. The fourth-order valence-electron chi connectivity index (χ4n) is 0.369. The Morgan fingerprint density at radius 2 is 2.10 bits per heavy atom. The molecule has 0 aliphatic rings. The lowest BCUT2D eigenvalue weighted by Crippen LogP contribution is -1.94. The fraction of sp³-hybridized carbons (Fsp3) is 0.750. The predicted molar refractivity (Wildman–Crippen MR) is 33.1 cm³/mol. The minimum absolute atomic E-state index is 0.0410. The fourth-order valence-corrected chi connectivity index (χ4v) is 0.648. The Labute approximate surface area is 59.4 Å². The summed E-state index contributed by atoms with van der Waals surface area (Å²) in [5, 5.41) is 8.08. The molecule has 0 aromatic heterocycles. The predicted octanol–water partition coefficient (Wildman–Crippen LogP) is -0.0861. The van der Waals surface area contributed by atoms with E-state index < -0.39 is 16.5 Å². The topological polar surface area (TPSA) is 83.8 Å². The van der Waals surface area contributed by atoms with Crippen LogP contribution in [0.1, 0.15) is 12.8 Å². The normalized spacial score (nSPS) is 8.80. The lowest BCUT2D eigenvalue weighted by atomic mass is 10.3. The van der Waals surface area contributed by atoms with Gasteiger partial charge in [-0.15, -0.1) is 0 Å². The van der Waals surface area contributed by atoms with Crippen LogP contribution in [-0.4, -0.2) is 26.0 Å². The van der Waals surface area contributed by atoms with E-state index in [0.717, 1.165) is 0 Å². The lowest BCUT2D eigenvalue weighted by molar-refractivity contribution is -0.137. The molecule has 0 bridgehead atoms. The summed E-state index contributed by atoms with van der Waals surface area (Å²) in [6, 6.07) is 0. The van der Waals surface area contributed by atoms with Gasteiger partial charge in [-0.05, 0) is 6.42 Å². The molecule has 0 saturated heterocycles. The van der Waals surface area contributed by atoms with Crippen LogP contribution in [0, 0.1) is 0 Å². The molecule has 0 radical (unpaired) electrons. The molecule has 0 aromatic rings. The quantitative estimate of drug-likeness (QED) is 0.590. The molecule has 0 rings (SSSR count). The van der Waals surface area contributed by atoms with E-state index in [-0.39, 0.29) is 19.4 Å². The molecular formula is C4H7NO4S. The molecule has 0 heterocycles. The van der Waals surface area contributed by atoms with Crippen molar-refractivity contribution in [1.82, 2.24) is 0 Å². The molecule has 0 aliphatic carbocycles. The Bertz CT molecular complexity index is 222. The summed E-state index contributed by atoms with van der Waals surface area (Å²) >= 11 is 0. The number of hydrogen-bond acceptors (Lipinski definition) is 4. The van der Waals surface area contributed by atoms with E-state index in [4.69, 9.17) is 5.11 Å². The number of hydrogen-bond donors (Lipinski definition) is 1. The second-order valence-electron chi connectivity index (χ2n) is 1.57. The SMILES string of the molecule is O=C(O)CCCN=S(=O)=O. The van der Waals surface area contributed by atoms with Gasteiger partial charge in [-0.3, -0.25) is 4.79 Å². The van der Waals surface area contributed by atoms with Gasteiger partial charge in [0.1, 0.15) is 0 Å². The molecule has 0 fully saturated rings. The Kier molecular flexibility index (Phi) is 4.47. The first-order valence-electron chi connectivity index (χ1n) is 2.61. The van der Waals surface area contributed by atoms with Gasteiger partial charge in [-0.1, -0.05) is 0 Å². The molecule has 0 atom stereocenters. The Morgan fingerprint density at radius 3 is 2.50 bits per heavy atom. The zero-order valence-electron chi connectivity index (χ0n) is 5.15. The van der Waals surface area contributed by atoms with Crippen LogP contribution >= 0.6 is 0 Å². The van der Waals surface area contributed by atoms with Gasteiger partial charge in [0.2, 0.25) is 0 Å². The highest BCUT2D eigenvalue weighted by Crippen LogP contribution is 1.87. The van der Waals surface area contributed by atoms with E-state index in [1.165, 1.54) is 0 Å². The third-order valence-corrected chi connectivity index (χ3v) is 1.14. The highest BCUT2D eigenvalue weighted by atomic mass is 32.2. The summed E-state index contributed by atoms with van der Waals surface area (Å²) in [6.45, 7) is 0.0579. The van der Waals surface area contributed by atoms with Crippen LogP contribution in [0.2, 0.25) is 0 Å². The van der Waals surface area contributed by atoms with E-state index in [1.807, 2.05) is 0 Å². The van der Waals surface area contributed by atoms with Gasteiger partial charge in [0.25, 0.3) is 0 Å². The largest absolute Gasteiger partial charge is 0.481 e. The van der Waals surface area contributed by atoms with Crippen molar-refractivity contribution in [1.29, 1.82) is 0 Å². The molecule has 1 N–H and O–H groups in total. The summed E-state index contributed by atoms with van der Waals surface area (Å²) in [5.41, 5.74) is 0. The minimum atomic E-state index is -2.40. The highest BCUT2D eigenvalue weighted by molar-refractivity contribution is 7.61. The number of nitrogens with zero attached hydrogens (tertiary/aromatic N) is 1. The van der Waals surface area contributed by atoms with Crippen molar-refractivity contribution >= 4 is 16.5 Å². The first kappa shape index (κ1) is 9.09. The van der Waals surface area contributed by atoms with E-state index >= 15 is 0 Å². The van der Waals surface area contributed by atoms with Crippen molar-refractivity contribution < 1.29 is 18.3 Å². The van der Waals surface area contributed by atoms with Crippen LogP contribution in [0.4, 0.5) is 0 Å². The van der Waals surface area contributed by atoms with Gasteiger partial charge >= 0.3 is 16.5 Å². The third-order valence-electron chi connectivity index (χ3n) is 0.745. The summed E-state index contributed by atoms with van der Waals surface area (Å²) in [6.07, 6.45) is 0.226. The van der Waals surface area contributed by atoms with E-state index in [9.17, 15) is 13.2 Å². The third kappa shape index (κ3) is 7.09. The number of aliphatic carboxylic acids is 1. The molecule has 0 amide bonds. The number of carboxylic acid groups (broad SMARTS) is 1. The lowest BCUT2D eigenvalue weighted by Gasteiger charge is -1.86. The van der Waals surface area contributed by atoms with Crippen molar-refractivity contribution in [2.75, 3.05) is 6.54 Å². The molecule has 58 valence electrons. The van der Waals surface area contributed by atoms with Gasteiger partial charge in [0, 0.05) is 6.42 Å². The Balaban J connectivity index is 3.40. The van der Waals surface area contributed by atoms with E-state index in [2.05, 4.69) is 4.36 Å². The molecule has 10 heavy (non-hydrogen) atoms. The van der Waals surface area contributed by atoms with Crippen LogP contribution in [0.5, 0.6) is 0 Å². The average molecular weight is 165 g/mol. The minimum Gasteiger partial charge on any atom is -0.481 e. The Hall–Kier alpha value is -0.910. The molecule has 0 spiro atoms. The number of carbonyl (C=O) groups is 1. The maximum atomic E-state index is 9.85. The first-order valence-corrected chi connectivity index (χ1v) is 3.65. The summed E-state index contributed by atoms with van der Waals surface area (Å²) in [7, 11) is -2.40. The number of carboxylic acids is 1. The summed E-state index contributed by atoms with van der Waals surface area (Å²) in [4.78, 5) is 9.85. The molecule has 0 aromatic carbocycles. The molecular weight excluding hydrogens is 158 g/mol. The Morgan fingerprint density at radius 1 is 1.50 bits per heavy atom. The first-order chi connectivity index (χ1) is 4.63. The molecule has 0 unspecified atom stereocenters. The highest BCUT2D eigenvalue weighted by Gasteiger charge is 1.93. The van der Waals surface area contributed by atoms with E-state index in [1.54, 1.807) is 0 Å². The molecule has 5 nitrogen and oxygen atoms in total. The van der Waals surface area contributed by atoms with Crippen LogP contribution in [0.25, 0.3) is 0 Å². The van der Waals surface area contributed by atoms with Gasteiger partial charge in [0.15, 0.2) is 0 Å². The van der Waals surface area contributed by atoms with Crippen LogP contribution in [0.3, 0.4) is 0 Å². The standard InChI is InChI=1S/C4H7NO4S/c6-4(7)2-1-3-5-10(8)9/h1-3H2,(H,6,7). The smallest absolute Gasteiger partial charge is 0.311 e. The summed E-state index contributed by atoms with van der Waals surface area (Å²) in [5.74, 6) is -0.938. The maximum Gasteiger partial charge on any atom is 0.311 e. The van der Waals surface area contributed by atoms with Gasteiger partial charge in [-0.25, -0.2) is 0 Å². The second kappa shape index (κ2) is 4.92. The van der Waals surface area contributed by atoms with Crippen molar-refractivity contribution in [2.45, 2.75) is 12.8 Å². The van der Waals surface area contributed by atoms with Gasteiger partial charge in [0.05, 0.1) is 6.54 Å². The van der Waals surface area contributed by atoms with Crippen molar-refractivity contribution in [2.24, 2.45) is 4.36 Å². The van der Waals surface area contributed by atoms with E-state index in [0.29, 0.717) is 0 Å². The monoisotopic (exact) mass is 165 g/mol. The van der Waals surface area contributed by atoms with Gasteiger partial charge in [-0.2, -0.15) is 12.8 Å². The van der Waals surface area contributed by atoms with Crippen LogP contribution < -0.4 is 0 Å². The van der Waals surface area contributed by atoms with Gasteiger partial charge < -0.3 is 5.11 Å². The van der Waals surface area contributed by atoms with Crippen molar-refractivity contribution in [3.05, 3.63) is 0 Å². The summed E-state index contributed by atoms with van der Waals surface area (Å²) < 4.78 is 22.5. The molecule has 6 heteroatoms. The second-order valence-corrected chi connectivity index (χ2v) is 2.26. The van der Waals surface area contributed by atoms with Crippen molar-refractivity contribution in [3.8, 4) is 0 Å². The molecule has 0 aliphatic heterocycles. The van der Waals surface area contributed by atoms with Crippen LogP contribution in [-0.2, 0) is 15.3 Å². The zero-order chi connectivity index (χ0) is 7.98. The van der Waals surface area contributed by atoms with Crippen molar-refractivity contribution in [3.63, 3.8) is 0 Å². The zero-order valence-corrected chi connectivity index (χ0v) is 5.97. The molecule has 0 saturated carbocycles. The maximum absolute atomic E-state index is 9.85.